The first-order valence-electron chi connectivity index (χ1n) is 7.17. The van der Waals surface area contributed by atoms with Crippen LogP contribution in [0.4, 0.5) is 5.69 Å². The number of benzene rings is 3. The highest BCUT2D eigenvalue weighted by Crippen LogP contribution is 2.35. The van der Waals surface area contributed by atoms with E-state index in [1.165, 1.54) is 27.2 Å². The summed E-state index contributed by atoms with van der Waals surface area (Å²) in [4.78, 5) is 2.47. The topological polar surface area (TPSA) is 12.5 Å². The van der Waals surface area contributed by atoms with E-state index in [0.717, 1.165) is 26.3 Å². The first-order chi connectivity index (χ1) is 9.93. The maximum absolute atomic E-state index is 5.50. The molecule has 0 spiro atoms. The van der Waals surface area contributed by atoms with Crippen molar-refractivity contribution in [1.82, 2.24) is 0 Å². The summed E-state index contributed by atoms with van der Waals surface area (Å²) in [5, 5.41) is 5.31. The minimum absolute atomic E-state index is 0.817. The fourth-order valence-corrected chi connectivity index (χ4v) is 3.12. The zero-order chi connectivity index (χ0) is 13.4. The van der Waals surface area contributed by atoms with Crippen LogP contribution in [0, 0.1) is 0 Å². The van der Waals surface area contributed by atoms with Gasteiger partial charge in [-0.15, -0.1) is 0 Å². The van der Waals surface area contributed by atoms with Gasteiger partial charge in [0.1, 0.15) is 0 Å². The van der Waals surface area contributed by atoms with Crippen molar-refractivity contribution in [3.05, 3.63) is 54.6 Å². The van der Waals surface area contributed by atoms with E-state index in [1.807, 2.05) is 0 Å². The quantitative estimate of drug-likeness (QED) is 0.619. The fourth-order valence-electron chi connectivity index (χ4n) is 3.12. The van der Waals surface area contributed by atoms with Gasteiger partial charge in [-0.2, -0.15) is 0 Å². The third-order valence-electron chi connectivity index (χ3n) is 4.07. The van der Waals surface area contributed by atoms with Gasteiger partial charge < -0.3 is 9.64 Å². The largest absolute Gasteiger partial charge is 0.378 e. The first kappa shape index (κ1) is 11.7. The van der Waals surface area contributed by atoms with E-state index in [0.29, 0.717) is 0 Å². The summed E-state index contributed by atoms with van der Waals surface area (Å²) in [5.74, 6) is 0. The lowest BCUT2D eigenvalue weighted by atomic mass is 10.00. The second-order valence-electron chi connectivity index (χ2n) is 5.27. The molecule has 1 heterocycles. The van der Waals surface area contributed by atoms with Crippen LogP contribution in [0.5, 0.6) is 0 Å². The monoisotopic (exact) mass is 263 g/mol. The molecular weight excluding hydrogens is 246 g/mol. The van der Waals surface area contributed by atoms with Crippen molar-refractivity contribution < 1.29 is 4.74 Å². The minimum Gasteiger partial charge on any atom is -0.378 e. The minimum atomic E-state index is 0.817. The molecule has 0 saturated carbocycles. The molecule has 0 aliphatic carbocycles. The van der Waals surface area contributed by atoms with Gasteiger partial charge in [0.05, 0.1) is 18.9 Å². The Morgan fingerprint density at radius 3 is 1.90 bits per heavy atom. The normalized spacial score (nSPS) is 15.9. The lowest BCUT2D eigenvalue weighted by Crippen LogP contribution is -2.36. The summed E-state index contributed by atoms with van der Waals surface area (Å²) in [6, 6.07) is 19.6. The predicted octanol–water partition coefficient (Wildman–Crippen LogP) is 3.83. The van der Waals surface area contributed by atoms with Crippen LogP contribution in [0.1, 0.15) is 0 Å². The number of fused-ring (bicyclic) bond motifs is 2. The van der Waals surface area contributed by atoms with Crippen LogP contribution in [0.15, 0.2) is 54.6 Å². The summed E-state index contributed by atoms with van der Waals surface area (Å²) >= 11 is 0. The number of hydrogen-bond donors (Lipinski definition) is 0. The zero-order valence-corrected chi connectivity index (χ0v) is 11.4. The molecule has 20 heavy (non-hydrogen) atoms. The van der Waals surface area contributed by atoms with Crippen molar-refractivity contribution in [3.8, 4) is 0 Å². The summed E-state index contributed by atoms with van der Waals surface area (Å²) in [5.41, 5.74) is 1.36. The van der Waals surface area contributed by atoms with Crippen LogP contribution in [-0.4, -0.2) is 26.3 Å². The molecule has 1 aliphatic heterocycles. The Bertz CT molecular complexity index is 706. The van der Waals surface area contributed by atoms with Crippen molar-refractivity contribution in [2.75, 3.05) is 31.2 Å². The van der Waals surface area contributed by atoms with Gasteiger partial charge in [0.2, 0.25) is 0 Å². The molecule has 4 rings (SSSR count). The molecule has 1 fully saturated rings. The maximum atomic E-state index is 5.50. The van der Waals surface area contributed by atoms with E-state index in [-0.39, 0.29) is 0 Å². The van der Waals surface area contributed by atoms with Gasteiger partial charge in [0, 0.05) is 23.9 Å². The summed E-state index contributed by atoms with van der Waals surface area (Å²) < 4.78 is 5.50. The molecule has 100 valence electrons. The summed E-state index contributed by atoms with van der Waals surface area (Å²) in [6.07, 6.45) is 0. The molecule has 0 bridgehead atoms. The van der Waals surface area contributed by atoms with Gasteiger partial charge in [0.25, 0.3) is 0 Å². The smallest absolute Gasteiger partial charge is 0.0642 e. The molecule has 2 nitrogen and oxygen atoms in total. The number of ether oxygens (including phenoxy) is 1. The molecule has 2 heteroatoms. The van der Waals surface area contributed by atoms with Crippen molar-refractivity contribution in [3.63, 3.8) is 0 Å². The molecule has 0 aromatic heterocycles. The van der Waals surface area contributed by atoms with Crippen molar-refractivity contribution in [2.45, 2.75) is 0 Å². The highest BCUT2D eigenvalue weighted by molar-refractivity contribution is 6.11. The van der Waals surface area contributed by atoms with Crippen molar-refractivity contribution >= 4 is 27.2 Å². The zero-order valence-electron chi connectivity index (χ0n) is 11.4. The van der Waals surface area contributed by atoms with Crippen LogP contribution in [0.25, 0.3) is 21.5 Å². The van der Waals surface area contributed by atoms with E-state index < -0.39 is 0 Å². The second-order valence-corrected chi connectivity index (χ2v) is 5.27. The molecule has 0 atom stereocenters. The van der Waals surface area contributed by atoms with Crippen LogP contribution in [-0.2, 0) is 4.74 Å². The van der Waals surface area contributed by atoms with Crippen LogP contribution < -0.4 is 4.90 Å². The van der Waals surface area contributed by atoms with Gasteiger partial charge in [-0.05, 0) is 16.8 Å². The summed E-state index contributed by atoms with van der Waals surface area (Å²) in [7, 11) is 0. The van der Waals surface area contributed by atoms with Crippen LogP contribution >= 0.6 is 0 Å². The second kappa shape index (κ2) is 4.80. The Morgan fingerprint density at radius 2 is 1.30 bits per heavy atom. The summed E-state index contributed by atoms with van der Waals surface area (Å²) in [6.45, 7) is 3.57. The first-order valence-corrected chi connectivity index (χ1v) is 7.17. The maximum Gasteiger partial charge on any atom is 0.0642 e. The van der Waals surface area contributed by atoms with E-state index >= 15 is 0 Å². The molecular formula is C18H17NO. The highest BCUT2D eigenvalue weighted by atomic mass is 16.5. The van der Waals surface area contributed by atoms with E-state index in [1.54, 1.807) is 0 Å². The SMILES string of the molecule is c1ccc2c(N3CCOCC3)c3ccccc3cc2c1. The number of hydrogen-bond acceptors (Lipinski definition) is 2. The Labute approximate surface area is 118 Å². The van der Waals surface area contributed by atoms with Gasteiger partial charge in [-0.25, -0.2) is 0 Å². The Morgan fingerprint density at radius 1 is 0.750 bits per heavy atom. The van der Waals surface area contributed by atoms with Gasteiger partial charge >= 0.3 is 0 Å². The highest BCUT2D eigenvalue weighted by Gasteiger charge is 2.16. The van der Waals surface area contributed by atoms with Crippen molar-refractivity contribution in [2.24, 2.45) is 0 Å². The average molecular weight is 263 g/mol. The number of rotatable bonds is 1. The van der Waals surface area contributed by atoms with Crippen LogP contribution in [0.3, 0.4) is 0 Å². The number of anilines is 1. The van der Waals surface area contributed by atoms with E-state index in [4.69, 9.17) is 4.74 Å². The third-order valence-corrected chi connectivity index (χ3v) is 4.07. The molecule has 1 saturated heterocycles. The van der Waals surface area contributed by atoms with Gasteiger partial charge in [-0.3, -0.25) is 0 Å². The molecule has 0 radical (unpaired) electrons. The molecule has 0 amide bonds. The fraction of sp³-hybridized carbons (Fsp3) is 0.222. The lowest BCUT2D eigenvalue weighted by Gasteiger charge is -2.31. The predicted molar refractivity (Wildman–Crippen MR) is 84.5 cm³/mol. The Kier molecular flexibility index (Phi) is 2.82. The third kappa shape index (κ3) is 1.84. The number of morpholine rings is 1. The molecule has 1 aliphatic rings. The molecule has 3 aromatic rings. The Hall–Kier alpha value is -2.06. The van der Waals surface area contributed by atoms with Crippen molar-refractivity contribution in [1.29, 1.82) is 0 Å². The molecule has 0 N–H and O–H groups in total. The Balaban J connectivity index is 2.06. The van der Waals surface area contributed by atoms with E-state index in [9.17, 15) is 0 Å². The number of nitrogens with zero attached hydrogens (tertiary/aromatic N) is 1. The standard InChI is InChI=1S/C18H17NO/c1-3-7-16-14(5-1)13-15-6-2-4-8-17(15)18(16)19-9-11-20-12-10-19/h1-8,13H,9-12H2. The average Bonchev–Trinajstić information content (AvgIpc) is 2.53. The van der Waals surface area contributed by atoms with E-state index in [2.05, 4.69) is 59.5 Å². The van der Waals surface area contributed by atoms with Gasteiger partial charge in [0.15, 0.2) is 0 Å². The van der Waals surface area contributed by atoms with Gasteiger partial charge in [-0.1, -0.05) is 48.5 Å². The molecule has 3 aromatic carbocycles. The lowest BCUT2D eigenvalue weighted by molar-refractivity contribution is 0.123. The van der Waals surface area contributed by atoms with Crippen LogP contribution in [0.2, 0.25) is 0 Å². The molecule has 0 unspecified atom stereocenters.